The monoisotopic (exact) mass is 421 g/mol. The van der Waals surface area contributed by atoms with E-state index < -0.39 is 10.0 Å². The summed E-state index contributed by atoms with van der Waals surface area (Å²) in [5.74, 6) is 0.315. The fraction of sp³-hybridized carbons (Fsp3) is 0.682. The van der Waals surface area contributed by atoms with Crippen molar-refractivity contribution in [1.82, 2.24) is 14.5 Å². The molecule has 1 aromatic carbocycles. The normalized spacial score (nSPS) is 20.2. The topological polar surface area (TPSA) is 69.7 Å². The summed E-state index contributed by atoms with van der Waals surface area (Å²) in [7, 11) is -1.38. The first-order valence-corrected chi connectivity index (χ1v) is 12.2. The molecule has 162 valence electrons. The first-order chi connectivity index (χ1) is 13.7. The van der Waals surface area contributed by atoms with Crippen LogP contribution >= 0.6 is 0 Å². The molecule has 1 heterocycles. The van der Waals surface area contributed by atoms with Crippen molar-refractivity contribution in [2.45, 2.75) is 69.4 Å². The maximum absolute atomic E-state index is 12.9. The Morgan fingerprint density at radius 3 is 2.21 bits per heavy atom. The molecular formula is C22H35N3O3S. The molecule has 3 rings (SSSR count). The third kappa shape index (κ3) is 5.38. The summed E-state index contributed by atoms with van der Waals surface area (Å²) in [6, 6.07) is 8.16. The number of hydrogen-bond donors (Lipinski definition) is 1. The third-order valence-electron chi connectivity index (χ3n) is 6.40. The van der Waals surface area contributed by atoms with Crippen LogP contribution < -0.4 is 5.32 Å². The number of sulfonamides is 1. The number of benzene rings is 1. The molecule has 0 radical (unpaired) electrons. The van der Waals surface area contributed by atoms with Gasteiger partial charge in [-0.1, -0.05) is 26.0 Å². The molecule has 1 saturated carbocycles. The van der Waals surface area contributed by atoms with Gasteiger partial charge < -0.3 is 5.32 Å². The summed E-state index contributed by atoms with van der Waals surface area (Å²) in [6.07, 6.45) is 3.65. The van der Waals surface area contributed by atoms with Gasteiger partial charge in [0, 0.05) is 37.6 Å². The van der Waals surface area contributed by atoms with E-state index in [4.69, 9.17) is 0 Å². The van der Waals surface area contributed by atoms with Crippen LogP contribution in [0.5, 0.6) is 0 Å². The lowest BCUT2D eigenvalue weighted by Crippen LogP contribution is -2.46. The van der Waals surface area contributed by atoms with Gasteiger partial charge >= 0.3 is 0 Å². The second-order valence-corrected chi connectivity index (χ2v) is 10.8. The number of carbonyl (C=O) groups is 1. The van der Waals surface area contributed by atoms with Crippen molar-refractivity contribution >= 4 is 15.9 Å². The Morgan fingerprint density at radius 2 is 1.69 bits per heavy atom. The minimum absolute atomic E-state index is 0.0550. The number of amides is 1. The fourth-order valence-corrected chi connectivity index (χ4v) is 5.38. The molecular weight excluding hydrogens is 386 g/mol. The maximum Gasteiger partial charge on any atom is 0.243 e. The molecule has 1 unspecified atom stereocenters. The molecule has 1 aliphatic heterocycles. The lowest BCUT2D eigenvalue weighted by molar-refractivity contribution is -0.126. The van der Waals surface area contributed by atoms with Crippen LogP contribution in [0.1, 0.15) is 57.9 Å². The van der Waals surface area contributed by atoms with Gasteiger partial charge in [-0.25, -0.2) is 8.42 Å². The molecule has 0 bridgehead atoms. The van der Waals surface area contributed by atoms with E-state index in [1.807, 2.05) is 12.1 Å². The molecule has 1 N–H and O–H groups in total. The van der Waals surface area contributed by atoms with Crippen LogP contribution in [0.2, 0.25) is 0 Å². The van der Waals surface area contributed by atoms with E-state index in [1.165, 1.54) is 17.1 Å². The third-order valence-corrected chi connectivity index (χ3v) is 8.31. The predicted molar refractivity (Wildman–Crippen MR) is 115 cm³/mol. The highest BCUT2D eigenvalue weighted by Gasteiger charge is 2.33. The lowest BCUT2D eigenvalue weighted by Gasteiger charge is -2.31. The first kappa shape index (κ1) is 22.2. The summed E-state index contributed by atoms with van der Waals surface area (Å²) in [5, 5.41) is 3.07. The van der Waals surface area contributed by atoms with Gasteiger partial charge in [0.1, 0.15) is 0 Å². The van der Waals surface area contributed by atoms with Crippen molar-refractivity contribution in [2.75, 3.05) is 26.7 Å². The van der Waals surface area contributed by atoms with Crippen LogP contribution in [-0.4, -0.2) is 62.3 Å². The number of carbonyl (C=O) groups excluding carboxylic acids is 1. The quantitative estimate of drug-likeness (QED) is 0.701. The second-order valence-electron chi connectivity index (χ2n) is 8.89. The highest BCUT2D eigenvalue weighted by molar-refractivity contribution is 7.89. The van der Waals surface area contributed by atoms with E-state index in [2.05, 4.69) is 38.0 Å². The zero-order valence-electron chi connectivity index (χ0n) is 18.1. The smallest absolute Gasteiger partial charge is 0.243 e. The molecule has 0 spiro atoms. The minimum Gasteiger partial charge on any atom is -0.354 e. The molecule has 2 fully saturated rings. The highest BCUT2D eigenvalue weighted by atomic mass is 32.2. The van der Waals surface area contributed by atoms with E-state index in [9.17, 15) is 13.2 Å². The van der Waals surface area contributed by atoms with Gasteiger partial charge in [-0.3, -0.25) is 9.69 Å². The molecule has 1 aliphatic carbocycles. The van der Waals surface area contributed by atoms with Crippen LogP contribution in [0, 0.1) is 5.92 Å². The van der Waals surface area contributed by atoms with Crippen LogP contribution in [0.3, 0.4) is 0 Å². The van der Waals surface area contributed by atoms with E-state index in [0.717, 1.165) is 5.56 Å². The second kappa shape index (κ2) is 9.14. The average Bonchev–Trinajstić information content (AvgIpc) is 3.56. The molecule has 7 heteroatoms. The van der Waals surface area contributed by atoms with Gasteiger partial charge in [-0.15, -0.1) is 0 Å². The molecule has 1 atom stereocenters. The minimum atomic E-state index is -3.50. The molecule has 0 aromatic heterocycles. The van der Waals surface area contributed by atoms with Crippen LogP contribution in [-0.2, 0) is 14.8 Å². The zero-order chi connectivity index (χ0) is 21.2. The molecule has 6 nitrogen and oxygen atoms in total. The summed E-state index contributed by atoms with van der Waals surface area (Å²) in [6.45, 7) is 7.74. The Bertz CT molecular complexity index is 795. The lowest BCUT2D eigenvalue weighted by atomic mass is 9.97. The van der Waals surface area contributed by atoms with E-state index >= 15 is 0 Å². The van der Waals surface area contributed by atoms with Crippen LogP contribution in [0.4, 0.5) is 0 Å². The van der Waals surface area contributed by atoms with Crippen molar-refractivity contribution in [1.29, 1.82) is 0 Å². The van der Waals surface area contributed by atoms with E-state index in [1.54, 1.807) is 12.1 Å². The van der Waals surface area contributed by atoms with Gasteiger partial charge in [0.15, 0.2) is 0 Å². The molecule has 2 aliphatic rings. The number of piperidine rings is 1. The summed E-state index contributed by atoms with van der Waals surface area (Å²) in [4.78, 5) is 15.2. The molecule has 29 heavy (non-hydrogen) atoms. The maximum atomic E-state index is 12.9. The van der Waals surface area contributed by atoms with Gasteiger partial charge in [-0.05, 0) is 63.3 Å². The summed E-state index contributed by atoms with van der Waals surface area (Å²) < 4.78 is 27.4. The Morgan fingerprint density at radius 1 is 1.10 bits per heavy atom. The average molecular weight is 422 g/mol. The Kier molecular flexibility index (Phi) is 7.02. The number of nitrogens with one attached hydrogen (secondary N) is 1. The van der Waals surface area contributed by atoms with Crippen LogP contribution in [0.15, 0.2) is 29.2 Å². The zero-order valence-corrected chi connectivity index (χ0v) is 18.9. The highest BCUT2D eigenvalue weighted by Crippen LogP contribution is 2.27. The van der Waals surface area contributed by atoms with Crippen molar-refractivity contribution in [2.24, 2.45) is 5.92 Å². The number of nitrogens with zero attached hydrogens (tertiary/aromatic N) is 2. The molecule has 1 amide bonds. The Balaban J connectivity index is 1.50. The largest absolute Gasteiger partial charge is 0.354 e. The van der Waals surface area contributed by atoms with Crippen molar-refractivity contribution < 1.29 is 13.2 Å². The number of likely N-dealkylation sites (N-methyl/N-ethyl adjacent to an activating group) is 1. The van der Waals surface area contributed by atoms with Gasteiger partial charge in [-0.2, -0.15) is 4.31 Å². The predicted octanol–water partition coefficient (Wildman–Crippen LogP) is 2.81. The number of rotatable bonds is 8. The fourth-order valence-electron chi connectivity index (χ4n) is 3.91. The standard InChI is InChI=1S/C22H35N3O3S/c1-16(2)18-5-9-21(10-6-18)29(27,28)25-13-11-19(12-14-25)22(26)23-15-17(3)24(4)20-7-8-20/h5-6,9-10,16-17,19-20H,7-8,11-15H2,1-4H3,(H,23,26). The van der Waals surface area contributed by atoms with E-state index in [-0.39, 0.29) is 11.8 Å². The van der Waals surface area contributed by atoms with Crippen LogP contribution in [0.25, 0.3) is 0 Å². The summed E-state index contributed by atoms with van der Waals surface area (Å²) in [5.41, 5.74) is 1.13. The number of hydrogen-bond acceptors (Lipinski definition) is 4. The Labute approximate surface area is 175 Å². The molecule has 1 aromatic rings. The van der Waals surface area contributed by atoms with E-state index in [0.29, 0.717) is 55.4 Å². The van der Waals surface area contributed by atoms with Crippen molar-refractivity contribution in [3.05, 3.63) is 29.8 Å². The van der Waals surface area contributed by atoms with Gasteiger partial charge in [0.2, 0.25) is 15.9 Å². The Hall–Kier alpha value is -1.44. The van der Waals surface area contributed by atoms with Gasteiger partial charge in [0.05, 0.1) is 4.90 Å². The van der Waals surface area contributed by atoms with Crippen molar-refractivity contribution in [3.8, 4) is 0 Å². The van der Waals surface area contributed by atoms with Gasteiger partial charge in [0.25, 0.3) is 0 Å². The SMILES string of the molecule is CC(C)c1ccc(S(=O)(=O)N2CCC(C(=O)NCC(C)N(C)C3CC3)CC2)cc1. The van der Waals surface area contributed by atoms with Crippen molar-refractivity contribution in [3.63, 3.8) is 0 Å². The molecule has 1 saturated heterocycles. The summed E-state index contributed by atoms with van der Waals surface area (Å²) >= 11 is 0. The first-order valence-electron chi connectivity index (χ1n) is 10.8.